The molecule has 1 amide bonds. The maximum Gasteiger partial charge on any atom is 0.217 e. The molecule has 2 aliphatic rings. The zero-order chi connectivity index (χ0) is 14.2. The zero-order valence-corrected chi connectivity index (χ0v) is 11.3. The Bertz CT molecular complexity index is 349. The van der Waals surface area contributed by atoms with Crippen LogP contribution in [0.2, 0.25) is 0 Å². The van der Waals surface area contributed by atoms with Crippen LogP contribution < -0.4 is 5.32 Å². The van der Waals surface area contributed by atoms with Gasteiger partial charge in [0.15, 0.2) is 6.29 Å². The van der Waals surface area contributed by atoms with Gasteiger partial charge in [0.1, 0.15) is 23.9 Å². The Kier molecular flexibility index (Phi) is 4.12. The fourth-order valence-electron chi connectivity index (χ4n) is 2.38. The maximum absolute atomic E-state index is 11.1. The smallest absolute Gasteiger partial charge is 0.217 e. The predicted molar refractivity (Wildman–Crippen MR) is 64.3 cm³/mol. The van der Waals surface area contributed by atoms with E-state index in [1.807, 2.05) is 13.8 Å². The number of hydrogen-bond donors (Lipinski definition) is 3. The van der Waals surface area contributed by atoms with Crippen molar-refractivity contribution < 1.29 is 29.2 Å². The summed E-state index contributed by atoms with van der Waals surface area (Å²) in [7, 11) is 0. The number of fused-ring (bicyclic) bond motifs is 2. The van der Waals surface area contributed by atoms with Gasteiger partial charge in [-0.3, -0.25) is 4.79 Å². The predicted octanol–water partition coefficient (Wildman–Crippen LogP) is -1.24. The first-order valence-corrected chi connectivity index (χ1v) is 6.40. The van der Waals surface area contributed by atoms with Crippen molar-refractivity contribution in [3.8, 4) is 0 Å². The lowest BCUT2D eigenvalue weighted by molar-refractivity contribution is -0.239. The molecule has 3 N–H and O–H groups in total. The standard InChI is InChI=1S/C12H21NO6/c1-6(2)17-4-12-5-18-11(19-12)8(13-7(3)14)9(15)10(12)16/h6,8-11,15-16H,4-5H2,1-3H3,(H,13,14)/t8-,9-,10-,11-,12+/m1/s1. The van der Waals surface area contributed by atoms with Gasteiger partial charge in [-0.15, -0.1) is 0 Å². The van der Waals surface area contributed by atoms with Crippen LogP contribution >= 0.6 is 0 Å². The minimum atomic E-state index is -1.18. The summed E-state index contributed by atoms with van der Waals surface area (Å²) in [6, 6.07) is -0.776. The van der Waals surface area contributed by atoms with Crippen molar-refractivity contribution in [3.05, 3.63) is 0 Å². The molecule has 0 aromatic heterocycles. The average molecular weight is 275 g/mol. The molecule has 2 fully saturated rings. The summed E-state index contributed by atoms with van der Waals surface area (Å²) in [4.78, 5) is 11.1. The summed E-state index contributed by atoms with van der Waals surface area (Å²) in [5, 5.41) is 22.9. The molecule has 0 aliphatic carbocycles. The second kappa shape index (κ2) is 5.34. The Morgan fingerprint density at radius 3 is 2.79 bits per heavy atom. The summed E-state index contributed by atoms with van der Waals surface area (Å²) < 4.78 is 16.6. The highest BCUT2D eigenvalue weighted by atomic mass is 16.7. The fourth-order valence-corrected chi connectivity index (χ4v) is 2.38. The highest BCUT2D eigenvalue weighted by molar-refractivity contribution is 5.73. The third-order valence-electron chi connectivity index (χ3n) is 3.40. The molecular formula is C12H21NO6. The lowest BCUT2D eigenvalue weighted by Crippen LogP contribution is -2.66. The molecule has 0 radical (unpaired) electrons. The number of aliphatic hydroxyl groups excluding tert-OH is 2. The van der Waals surface area contributed by atoms with Gasteiger partial charge in [0, 0.05) is 6.92 Å². The lowest BCUT2D eigenvalue weighted by Gasteiger charge is -2.42. The molecule has 7 heteroatoms. The molecule has 2 saturated heterocycles. The Morgan fingerprint density at radius 2 is 2.21 bits per heavy atom. The lowest BCUT2D eigenvalue weighted by atomic mass is 9.88. The number of carbonyl (C=O) groups excluding carboxylic acids is 1. The van der Waals surface area contributed by atoms with Gasteiger partial charge < -0.3 is 29.7 Å². The molecule has 19 heavy (non-hydrogen) atoms. The second-order valence-corrected chi connectivity index (χ2v) is 5.38. The van der Waals surface area contributed by atoms with Crippen LogP contribution in [0.5, 0.6) is 0 Å². The summed E-state index contributed by atoms with van der Waals surface area (Å²) >= 11 is 0. The van der Waals surface area contributed by atoms with E-state index in [1.54, 1.807) is 0 Å². The monoisotopic (exact) mass is 275 g/mol. The van der Waals surface area contributed by atoms with Crippen LogP contribution in [0.4, 0.5) is 0 Å². The van der Waals surface area contributed by atoms with Crippen molar-refractivity contribution in [3.63, 3.8) is 0 Å². The van der Waals surface area contributed by atoms with Gasteiger partial charge in [-0.05, 0) is 13.8 Å². The van der Waals surface area contributed by atoms with Crippen LogP contribution in [0.15, 0.2) is 0 Å². The number of aliphatic hydroxyl groups is 2. The summed E-state index contributed by atoms with van der Waals surface area (Å²) in [6.07, 6.45) is -3.12. The molecule has 0 aromatic carbocycles. The summed E-state index contributed by atoms with van der Waals surface area (Å²) in [5.41, 5.74) is -1.07. The molecule has 0 saturated carbocycles. The van der Waals surface area contributed by atoms with E-state index in [4.69, 9.17) is 14.2 Å². The van der Waals surface area contributed by atoms with E-state index in [0.29, 0.717) is 0 Å². The molecule has 5 atom stereocenters. The van der Waals surface area contributed by atoms with Crippen LogP contribution in [0.1, 0.15) is 20.8 Å². The quantitative estimate of drug-likeness (QED) is 0.594. The second-order valence-electron chi connectivity index (χ2n) is 5.38. The molecule has 2 aliphatic heterocycles. The van der Waals surface area contributed by atoms with E-state index in [-0.39, 0.29) is 25.2 Å². The Balaban J connectivity index is 2.10. The number of hydrogen-bond acceptors (Lipinski definition) is 6. The molecule has 0 aromatic rings. The van der Waals surface area contributed by atoms with Crippen LogP contribution in [0.25, 0.3) is 0 Å². The van der Waals surface area contributed by atoms with Gasteiger partial charge in [0.25, 0.3) is 0 Å². The van der Waals surface area contributed by atoms with Crippen LogP contribution in [0.3, 0.4) is 0 Å². The van der Waals surface area contributed by atoms with E-state index in [2.05, 4.69) is 5.32 Å². The molecule has 2 bridgehead atoms. The van der Waals surface area contributed by atoms with Gasteiger partial charge in [0.2, 0.25) is 5.91 Å². The summed E-state index contributed by atoms with van der Waals surface area (Å²) in [5.74, 6) is -0.318. The Hall–Kier alpha value is -0.730. The van der Waals surface area contributed by atoms with Crippen LogP contribution in [-0.4, -0.2) is 65.6 Å². The third-order valence-corrected chi connectivity index (χ3v) is 3.40. The SMILES string of the molecule is CC(=O)N[C@H]1[C@@H]2OC[C@](COC(C)C)(O2)[C@H](O)[C@@H]1O. The Morgan fingerprint density at radius 1 is 1.53 bits per heavy atom. The molecule has 2 rings (SSSR count). The maximum atomic E-state index is 11.1. The molecule has 0 unspecified atom stereocenters. The van der Waals surface area contributed by atoms with Crippen LogP contribution in [-0.2, 0) is 19.0 Å². The van der Waals surface area contributed by atoms with Gasteiger partial charge in [-0.2, -0.15) is 0 Å². The molecule has 0 spiro atoms. The molecular weight excluding hydrogens is 254 g/mol. The van der Waals surface area contributed by atoms with Gasteiger partial charge in [-0.1, -0.05) is 0 Å². The zero-order valence-electron chi connectivity index (χ0n) is 11.3. The van der Waals surface area contributed by atoms with Crippen molar-refractivity contribution in [2.75, 3.05) is 13.2 Å². The minimum Gasteiger partial charge on any atom is -0.388 e. The number of carbonyl (C=O) groups is 1. The number of rotatable bonds is 4. The first-order valence-electron chi connectivity index (χ1n) is 6.40. The topological polar surface area (TPSA) is 97.3 Å². The first kappa shape index (κ1) is 14.7. The molecule has 7 nitrogen and oxygen atoms in total. The fraction of sp³-hybridized carbons (Fsp3) is 0.917. The van der Waals surface area contributed by atoms with Crippen molar-refractivity contribution in [1.29, 1.82) is 0 Å². The summed E-state index contributed by atoms with van der Waals surface area (Å²) in [6.45, 7) is 5.33. The highest BCUT2D eigenvalue weighted by Crippen LogP contribution is 2.37. The number of amides is 1. The molecule has 110 valence electrons. The normalized spacial score (nSPS) is 41.6. The van der Waals surface area contributed by atoms with Crippen molar-refractivity contribution in [1.82, 2.24) is 5.32 Å². The highest BCUT2D eigenvalue weighted by Gasteiger charge is 2.59. The third kappa shape index (κ3) is 2.75. The van der Waals surface area contributed by atoms with E-state index >= 15 is 0 Å². The van der Waals surface area contributed by atoms with Crippen molar-refractivity contribution in [2.24, 2.45) is 0 Å². The van der Waals surface area contributed by atoms with E-state index < -0.39 is 30.1 Å². The van der Waals surface area contributed by atoms with E-state index in [0.717, 1.165) is 0 Å². The Labute approximate surface area is 111 Å². The van der Waals surface area contributed by atoms with Crippen molar-refractivity contribution >= 4 is 5.91 Å². The number of nitrogens with one attached hydrogen (secondary N) is 1. The first-order chi connectivity index (χ1) is 8.85. The average Bonchev–Trinajstić information content (AvgIpc) is 2.73. The van der Waals surface area contributed by atoms with Gasteiger partial charge in [-0.25, -0.2) is 0 Å². The van der Waals surface area contributed by atoms with Gasteiger partial charge >= 0.3 is 0 Å². The van der Waals surface area contributed by atoms with Crippen molar-refractivity contribution in [2.45, 2.75) is 57.0 Å². The van der Waals surface area contributed by atoms with E-state index in [9.17, 15) is 15.0 Å². The minimum absolute atomic E-state index is 0.0190. The largest absolute Gasteiger partial charge is 0.388 e. The number of ether oxygens (including phenoxy) is 3. The van der Waals surface area contributed by atoms with Gasteiger partial charge in [0.05, 0.1) is 19.3 Å². The molecule has 2 heterocycles. The van der Waals surface area contributed by atoms with E-state index in [1.165, 1.54) is 6.92 Å². The van der Waals surface area contributed by atoms with Crippen LogP contribution in [0, 0.1) is 0 Å².